The van der Waals surface area contributed by atoms with Crippen molar-refractivity contribution >= 4 is 70.6 Å². The molecule has 45 heavy (non-hydrogen) atoms. The molecule has 0 fully saturated rings. The van der Waals surface area contributed by atoms with Gasteiger partial charge in [0.1, 0.15) is 0 Å². The molecule has 0 saturated heterocycles. The van der Waals surface area contributed by atoms with E-state index >= 15 is 0 Å². The van der Waals surface area contributed by atoms with Gasteiger partial charge in [-0.05, 0) is 42.5 Å². The zero-order valence-corrected chi connectivity index (χ0v) is 22.3. The summed E-state index contributed by atoms with van der Waals surface area (Å²) in [5.41, 5.74) is -5.26. The Bertz CT molecular complexity index is 2980. The highest BCUT2D eigenvalue weighted by molar-refractivity contribution is 6.06. The number of aromatic carboxylic acids is 1. The Kier molecular flexibility index (Phi) is 5.68. The van der Waals surface area contributed by atoms with Crippen molar-refractivity contribution in [1.29, 1.82) is 0 Å². The second-order valence-electron chi connectivity index (χ2n) is 10.2. The largest absolute Gasteiger partial charge is 0.478 e. The molecule has 8 aromatic rings. The summed E-state index contributed by atoms with van der Waals surface area (Å²) in [6, 6.07) is 14.9. The lowest BCUT2D eigenvalue weighted by Crippen LogP contribution is -2.14. The summed E-state index contributed by atoms with van der Waals surface area (Å²) < 4.78 is 8.97. The first-order chi connectivity index (χ1) is 21.5. The van der Waals surface area contributed by atoms with E-state index in [1.807, 2.05) is 0 Å². The lowest BCUT2D eigenvalue weighted by Gasteiger charge is -2.02. The summed E-state index contributed by atoms with van der Waals surface area (Å²) in [6.45, 7) is 0. The fourth-order valence-electron chi connectivity index (χ4n) is 5.54. The number of carboxylic acid groups (broad SMARTS) is 1. The van der Waals surface area contributed by atoms with Crippen LogP contribution < -0.4 is 44.2 Å². The predicted octanol–water partition coefficient (Wildman–Crippen LogP) is 1.81. The standard InChI is InChI=1S/C17H6O7.C16H6O5/c18-13-7-2-1-6(15(20)21)3-8(7)14(19)10-5-12-11(4-9(10)13)16(22)24-17(12)23;17-13-7-3-1-2-4-8(7)14(18)10-6-12-11(5-9(10)13)15(19)21-16(12)20/h1-5H,(H,20,21);1-6H. The Morgan fingerprint density at radius 1 is 0.400 bits per heavy atom. The van der Waals surface area contributed by atoms with Crippen LogP contribution >= 0.6 is 0 Å². The molecule has 0 aliphatic heterocycles. The van der Waals surface area contributed by atoms with Crippen LogP contribution in [0.4, 0.5) is 0 Å². The van der Waals surface area contributed by atoms with Gasteiger partial charge in [0.2, 0.25) is 0 Å². The number of fused-ring (bicyclic) bond motifs is 6. The molecule has 0 aliphatic rings. The number of furan rings is 2. The maximum atomic E-state index is 12.6. The van der Waals surface area contributed by atoms with E-state index in [4.69, 9.17) is 5.11 Å². The average molecular weight is 600 g/mol. The maximum absolute atomic E-state index is 12.6. The summed E-state index contributed by atoms with van der Waals surface area (Å²) in [7, 11) is 0. The van der Waals surface area contributed by atoms with Gasteiger partial charge in [0, 0.05) is 43.1 Å². The Morgan fingerprint density at radius 3 is 1.07 bits per heavy atom. The monoisotopic (exact) mass is 600 g/mol. The highest BCUT2D eigenvalue weighted by Gasteiger charge is 2.18. The third-order valence-corrected chi connectivity index (χ3v) is 7.72. The van der Waals surface area contributed by atoms with Crippen LogP contribution in [-0.2, 0) is 0 Å². The van der Waals surface area contributed by atoms with E-state index in [9.17, 15) is 43.2 Å². The van der Waals surface area contributed by atoms with Gasteiger partial charge in [-0.1, -0.05) is 24.3 Å². The molecule has 0 aliphatic carbocycles. The number of rotatable bonds is 1. The van der Waals surface area contributed by atoms with Crippen LogP contribution in [0, 0.1) is 0 Å². The van der Waals surface area contributed by atoms with Crippen LogP contribution in [0.1, 0.15) is 10.4 Å². The molecule has 0 saturated carbocycles. The van der Waals surface area contributed by atoms with Gasteiger partial charge in [0.05, 0.1) is 27.1 Å². The van der Waals surface area contributed by atoms with Gasteiger partial charge in [0.15, 0.2) is 21.7 Å². The topological polar surface area (TPSA) is 200 Å². The first-order valence-electron chi connectivity index (χ1n) is 13.0. The summed E-state index contributed by atoms with van der Waals surface area (Å²) >= 11 is 0. The van der Waals surface area contributed by atoms with Crippen molar-refractivity contribution in [2.75, 3.05) is 0 Å². The van der Waals surface area contributed by atoms with Crippen LogP contribution in [0.25, 0.3) is 64.6 Å². The molecule has 216 valence electrons. The van der Waals surface area contributed by atoms with Crippen LogP contribution in [-0.4, -0.2) is 11.1 Å². The normalized spacial score (nSPS) is 11.6. The molecule has 0 atom stereocenters. The van der Waals surface area contributed by atoms with Crippen molar-refractivity contribution < 1.29 is 18.7 Å². The SMILES string of the molecule is O=C(O)c1ccc2c(=O)c3cc4c(=O)oc(=O)c4cc3c(=O)c2c1.O=c1oc(=O)c2cc3c(=O)c4ccccc4c(=O)c3cc12. The van der Waals surface area contributed by atoms with E-state index in [1.165, 1.54) is 30.3 Å². The zero-order chi connectivity index (χ0) is 31.9. The van der Waals surface area contributed by atoms with Crippen LogP contribution in [0.5, 0.6) is 0 Å². The average Bonchev–Trinajstić information content (AvgIpc) is 3.48. The summed E-state index contributed by atoms with van der Waals surface area (Å²) in [6.07, 6.45) is 0. The van der Waals surface area contributed by atoms with Gasteiger partial charge in [-0.25, -0.2) is 24.0 Å². The van der Waals surface area contributed by atoms with Gasteiger partial charge in [-0.3, -0.25) is 19.2 Å². The first-order valence-corrected chi connectivity index (χ1v) is 13.0. The van der Waals surface area contributed by atoms with Gasteiger partial charge < -0.3 is 13.9 Å². The van der Waals surface area contributed by atoms with Crippen molar-refractivity contribution in [3.8, 4) is 0 Å². The molecule has 2 aromatic heterocycles. The van der Waals surface area contributed by atoms with Crippen molar-refractivity contribution in [2.24, 2.45) is 0 Å². The van der Waals surface area contributed by atoms with Crippen molar-refractivity contribution in [3.63, 3.8) is 0 Å². The summed E-state index contributed by atoms with van der Waals surface area (Å²) in [5.74, 6) is -1.23. The molecule has 0 spiro atoms. The van der Waals surface area contributed by atoms with Crippen LogP contribution in [0.3, 0.4) is 0 Å². The van der Waals surface area contributed by atoms with Gasteiger partial charge in [0.25, 0.3) is 0 Å². The Hall–Kier alpha value is -6.69. The molecule has 6 aromatic carbocycles. The fourth-order valence-corrected chi connectivity index (χ4v) is 5.54. The smallest absolute Gasteiger partial charge is 0.346 e. The second kappa shape index (κ2) is 9.41. The molecule has 12 heteroatoms. The quantitative estimate of drug-likeness (QED) is 0.268. The van der Waals surface area contributed by atoms with E-state index in [0.29, 0.717) is 10.8 Å². The number of carbonyl (C=O) groups is 1. The van der Waals surface area contributed by atoms with E-state index in [1.54, 1.807) is 24.3 Å². The number of hydrogen-bond acceptors (Lipinski definition) is 11. The molecule has 2 heterocycles. The molecule has 8 rings (SSSR count). The first kappa shape index (κ1) is 27.2. The summed E-state index contributed by atoms with van der Waals surface area (Å²) in [4.78, 5) is 108. The Labute approximate surface area is 244 Å². The Balaban J connectivity index is 0.000000146. The van der Waals surface area contributed by atoms with Crippen molar-refractivity contribution in [1.82, 2.24) is 0 Å². The van der Waals surface area contributed by atoms with Crippen LogP contribution in [0.15, 0.2) is 114 Å². The maximum Gasteiger partial charge on any atom is 0.346 e. The zero-order valence-electron chi connectivity index (χ0n) is 22.3. The molecule has 0 unspecified atom stereocenters. The summed E-state index contributed by atoms with van der Waals surface area (Å²) in [5, 5.41) is 9.72. The fraction of sp³-hybridized carbons (Fsp3) is 0. The van der Waals surface area contributed by atoms with E-state index < -0.39 is 39.3 Å². The predicted molar refractivity (Wildman–Crippen MR) is 164 cm³/mol. The molecular weight excluding hydrogens is 588 g/mol. The minimum Gasteiger partial charge on any atom is -0.478 e. The molecular formula is C33H12O12. The highest BCUT2D eigenvalue weighted by Crippen LogP contribution is 2.19. The molecule has 0 amide bonds. The van der Waals surface area contributed by atoms with Gasteiger partial charge in [-0.15, -0.1) is 0 Å². The Morgan fingerprint density at radius 2 is 0.711 bits per heavy atom. The third kappa shape index (κ3) is 3.89. The van der Waals surface area contributed by atoms with Gasteiger partial charge >= 0.3 is 28.5 Å². The lowest BCUT2D eigenvalue weighted by molar-refractivity contribution is 0.0697. The van der Waals surface area contributed by atoms with Crippen molar-refractivity contribution in [2.45, 2.75) is 0 Å². The van der Waals surface area contributed by atoms with E-state index in [0.717, 1.165) is 12.1 Å². The molecule has 1 N–H and O–H groups in total. The number of benzene rings is 6. The van der Waals surface area contributed by atoms with E-state index in [-0.39, 0.29) is 70.3 Å². The van der Waals surface area contributed by atoms with Crippen LogP contribution in [0.2, 0.25) is 0 Å². The van der Waals surface area contributed by atoms with Crippen molar-refractivity contribution in [3.05, 3.63) is 155 Å². The molecule has 0 bridgehead atoms. The minimum absolute atomic E-state index is 0.0130. The number of hydrogen-bond donors (Lipinski definition) is 1. The molecule has 12 nitrogen and oxygen atoms in total. The second-order valence-corrected chi connectivity index (χ2v) is 10.2. The van der Waals surface area contributed by atoms with Gasteiger partial charge in [-0.2, -0.15) is 0 Å². The lowest BCUT2D eigenvalue weighted by atomic mass is 9.99. The van der Waals surface area contributed by atoms with E-state index in [2.05, 4.69) is 8.83 Å². The third-order valence-electron chi connectivity index (χ3n) is 7.72. The highest BCUT2D eigenvalue weighted by atomic mass is 16.4. The minimum atomic E-state index is -1.23. The molecule has 0 radical (unpaired) electrons. The number of carboxylic acids is 1.